The number of benzene rings is 1. The van der Waals surface area contributed by atoms with Crippen LogP contribution >= 0.6 is 11.6 Å². The predicted molar refractivity (Wildman–Crippen MR) is 77.0 cm³/mol. The maximum Gasteiger partial charge on any atom is 0.321 e. The zero-order valence-electron chi connectivity index (χ0n) is 11.3. The van der Waals surface area contributed by atoms with E-state index in [2.05, 4.69) is 5.32 Å². The van der Waals surface area contributed by atoms with Gasteiger partial charge < -0.3 is 15.3 Å². The monoisotopic (exact) mass is 307 g/mol. The quantitative estimate of drug-likeness (QED) is 0.877. The number of halogens is 1. The van der Waals surface area contributed by atoms with Crippen molar-refractivity contribution in [3.63, 3.8) is 0 Å². The highest BCUT2D eigenvalue weighted by atomic mass is 35.5. The molecule has 0 bridgehead atoms. The molecule has 2 unspecified atom stereocenters. The van der Waals surface area contributed by atoms with Gasteiger partial charge in [0, 0.05) is 13.1 Å². The summed E-state index contributed by atoms with van der Waals surface area (Å²) in [5, 5.41) is 20.7. The normalized spacial score (nSPS) is 20.9. The average Bonchev–Trinajstić information content (AvgIpc) is 2.83. The number of nitrogens with one attached hydrogen (secondary N) is 1. The van der Waals surface area contributed by atoms with Crippen molar-refractivity contribution in [1.82, 2.24) is 4.90 Å². The van der Waals surface area contributed by atoms with Crippen LogP contribution in [-0.4, -0.2) is 35.1 Å². The third-order valence-electron chi connectivity index (χ3n) is 3.56. The van der Waals surface area contributed by atoms with E-state index >= 15 is 0 Å². The van der Waals surface area contributed by atoms with E-state index in [0.29, 0.717) is 17.8 Å². The molecular formula is C14H14ClN3O3. The fourth-order valence-corrected chi connectivity index (χ4v) is 2.56. The number of likely N-dealkylation sites (tertiary alicyclic amines) is 1. The Balaban J connectivity index is 2.06. The summed E-state index contributed by atoms with van der Waals surface area (Å²) in [6.45, 7) is 2.37. The molecule has 1 aromatic rings. The summed E-state index contributed by atoms with van der Waals surface area (Å²) in [4.78, 5) is 24.6. The smallest absolute Gasteiger partial charge is 0.321 e. The van der Waals surface area contributed by atoms with E-state index in [1.807, 2.05) is 6.07 Å². The van der Waals surface area contributed by atoms with Crippen molar-refractivity contribution in [1.29, 1.82) is 5.26 Å². The minimum absolute atomic E-state index is 0.0929. The molecule has 1 fully saturated rings. The second-order valence-electron chi connectivity index (χ2n) is 5.06. The van der Waals surface area contributed by atoms with Crippen LogP contribution in [0.1, 0.15) is 12.5 Å². The summed E-state index contributed by atoms with van der Waals surface area (Å²) in [5.41, 5.74) is 0.797. The molecular weight excluding hydrogens is 294 g/mol. The SMILES string of the molecule is CC1CN(C(=O)Nc2ccc(C#N)cc2Cl)CC1C(=O)O. The van der Waals surface area contributed by atoms with Crippen molar-refractivity contribution in [3.05, 3.63) is 28.8 Å². The number of anilines is 1. The molecule has 0 saturated carbocycles. The van der Waals surface area contributed by atoms with Crippen molar-refractivity contribution in [2.75, 3.05) is 18.4 Å². The molecule has 7 heteroatoms. The number of hydrogen-bond donors (Lipinski definition) is 2. The Morgan fingerprint density at radius 2 is 2.19 bits per heavy atom. The third kappa shape index (κ3) is 3.26. The average molecular weight is 308 g/mol. The molecule has 2 rings (SSSR count). The van der Waals surface area contributed by atoms with Crippen LogP contribution in [0.4, 0.5) is 10.5 Å². The van der Waals surface area contributed by atoms with Crippen molar-refractivity contribution >= 4 is 29.3 Å². The van der Waals surface area contributed by atoms with Gasteiger partial charge in [0.1, 0.15) is 0 Å². The summed E-state index contributed by atoms with van der Waals surface area (Å²) in [5.74, 6) is -1.54. The number of carbonyl (C=O) groups excluding carboxylic acids is 1. The van der Waals surface area contributed by atoms with Gasteiger partial charge in [0.25, 0.3) is 0 Å². The molecule has 0 radical (unpaired) electrons. The highest BCUT2D eigenvalue weighted by Gasteiger charge is 2.37. The lowest BCUT2D eigenvalue weighted by Gasteiger charge is -2.17. The van der Waals surface area contributed by atoms with Crippen molar-refractivity contribution < 1.29 is 14.7 Å². The van der Waals surface area contributed by atoms with E-state index < -0.39 is 17.9 Å². The van der Waals surface area contributed by atoms with Gasteiger partial charge >= 0.3 is 12.0 Å². The van der Waals surface area contributed by atoms with Crippen LogP contribution < -0.4 is 5.32 Å². The molecule has 1 aliphatic rings. The van der Waals surface area contributed by atoms with Gasteiger partial charge in [0.15, 0.2) is 0 Å². The highest BCUT2D eigenvalue weighted by Crippen LogP contribution is 2.26. The zero-order valence-corrected chi connectivity index (χ0v) is 12.1. The lowest BCUT2D eigenvalue weighted by atomic mass is 9.99. The first kappa shape index (κ1) is 15.1. The van der Waals surface area contributed by atoms with Gasteiger partial charge in [0.2, 0.25) is 0 Å². The van der Waals surface area contributed by atoms with Gasteiger partial charge in [0.05, 0.1) is 28.3 Å². The predicted octanol–water partition coefficient (Wildman–Crippen LogP) is 2.40. The Hall–Kier alpha value is -2.26. The maximum absolute atomic E-state index is 12.1. The number of carbonyl (C=O) groups is 2. The minimum atomic E-state index is -0.894. The largest absolute Gasteiger partial charge is 0.481 e. The van der Waals surface area contributed by atoms with Crippen LogP contribution in [0.15, 0.2) is 18.2 Å². The molecule has 1 heterocycles. The Bertz CT molecular complexity index is 626. The van der Waals surface area contributed by atoms with Crippen LogP contribution in [0.25, 0.3) is 0 Å². The molecule has 1 aromatic carbocycles. The lowest BCUT2D eigenvalue weighted by molar-refractivity contribution is -0.142. The van der Waals surface area contributed by atoms with Crippen LogP contribution in [0.5, 0.6) is 0 Å². The van der Waals surface area contributed by atoms with E-state index in [0.717, 1.165) is 0 Å². The van der Waals surface area contributed by atoms with Gasteiger partial charge in [-0.15, -0.1) is 0 Å². The van der Waals surface area contributed by atoms with Crippen molar-refractivity contribution in [2.45, 2.75) is 6.92 Å². The summed E-state index contributed by atoms with van der Waals surface area (Å²) in [7, 11) is 0. The first-order valence-corrected chi connectivity index (χ1v) is 6.78. The molecule has 6 nitrogen and oxygen atoms in total. The number of rotatable bonds is 2. The van der Waals surface area contributed by atoms with Gasteiger partial charge in [-0.2, -0.15) is 5.26 Å². The lowest BCUT2D eigenvalue weighted by Crippen LogP contribution is -2.33. The van der Waals surface area contributed by atoms with Crippen LogP contribution in [0.2, 0.25) is 5.02 Å². The number of amides is 2. The maximum atomic E-state index is 12.1. The first-order chi connectivity index (χ1) is 9.92. The topological polar surface area (TPSA) is 93.4 Å². The van der Waals surface area contributed by atoms with E-state index in [-0.39, 0.29) is 17.5 Å². The fraction of sp³-hybridized carbons (Fsp3) is 0.357. The van der Waals surface area contributed by atoms with E-state index in [9.17, 15) is 9.59 Å². The molecule has 21 heavy (non-hydrogen) atoms. The van der Waals surface area contributed by atoms with Crippen LogP contribution in [0.3, 0.4) is 0 Å². The Morgan fingerprint density at radius 3 is 2.71 bits per heavy atom. The van der Waals surface area contributed by atoms with Gasteiger partial charge in [-0.05, 0) is 24.1 Å². The molecule has 2 amide bonds. The molecule has 0 aliphatic carbocycles. The number of urea groups is 1. The minimum Gasteiger partial charge on any atom is -0.481 e. The summed E-state index contributed by atoms with van der Waals surface area (Å²) < 4.78 is 0. The van der Waals surface area contributed by atoms with Crippen LogP contribution in [0, 0.1) is 23.2 Å². The van der Waals surface area contributed by atoms with E-state index in [4.69, 9.17) is 22.0 Å². The second kappa shape index (κ2) is 6.02. The number of carboxylic acids is 1. The van der Waals surface area contributed by atoms with E-state index in [1.54, 1.807) is 19.1 Å². The van der Waals surface area contributed by atoms with Gasteiger partial charge in [-0.3, -0.25) is 4.79 Å². The standard InChI is InChI=1S/C14H14ClN3O3/c1-8-6-18(7-10(8)13(19)20)14(21)17-12-3-2-9(5-16)4-11(12)15/h2-4,8,10H,6-7H2,1H3,(H,17,21)(H,19,20). The number of carboxylic acid groups (broad SMARTS) is 1. The molecule has 0 aromatic heterocycles. The molecule has 0 spiro atoms. The number of nitriles is 1. The summed E-state index contributed by atoms with van der Waals surface area (Å²) in [6.07, 6.45) is 0. The highest BCUT2D eigenvalue weighted by molar-refractivity contribution is 6.33. The van der Waals surface area contributed by atoms with Crippen LogP contribution in [-0.2, 0) is 4.79 Å². The second-order valence-corrected chi connectivity index (χ2v) is 5.47. The molecule has 2 N–H and O–H groups in total. The Morgan fingerprint density at radius 1 is 1.48 bits per heavy atom. The van der Waals surface area contributed by atoms with Gasteiger partial charge in [-0.25, -0.2) is 4.79 Å². The Labute approximate surface area is 126 Å². The molecule has 110 valence electrons. The van der Waals surface area contributed by atoms with Crippen molar-refractivity contribution in [2.24, 2.45) is 11.8 Å². The molecule has 1 saturated heterocycles. The Kier molecular flexibility index (Phi) is 4.34. The number of nitrogens with zero attached hydrogens (tertiary/aromatic N) is 2. The van der Waals surface area contributed by atoms with Crippen molar-refractivity contribution in [3.8, 4) is 6.07 Å². The van der Waals surface area contributed by atoms with E-state index in [1.165, 1.54) is 11.0 Å². The summed E-state index contributed by atoms with van der Waals surface area (Å²) in [6, 6.07) is 6.12. The number of hydrogen-bond acceptors (Lipinski definition) is 3. The third-order valence-corrected chi connectivity index (χ3v) is 3.87. The summed E-state index contributed by atoms with van der Waals surface area (Å²) >= 11 is 5.99. The fourth-order valence-electron chi connectivity index (χ4n) is 2.33. The molecule has 1 aliphatic heterocycles. The zero-order chi connectivity index (χ0) is 15.6. The number of aliphatic carboxylic acids is 1. The first-order valence-electron chi connectivity index (χ1n) is 6.40. The van der Waals surface area contributed by atoms with Gasteiger partial charge in [-0.1, -0.05) is 18.5 Å². The molecule has 2 atom stereocenters.